The molecule has 1 aliphatic rings. The highest BCUT2D eigenvalue weighted by Gasteiger charge is 2.30. The summed E-state index contributed by atoms with van der Waals surface area (Å²) in [4.78, 5) is 26.8. The molecule has 4 aromatic rings. The molecule has 4 heterocycles. The maximum Gasteiger partial charge on any atom is 0.294 e. The molecule has 1 aliphatic heterocycles. The van der Waals surface area contributed by atoms with E-state index in [9.17, 15) is 21.6 Å². The predicted molar refractivity (Wildman–Crippen MR) is 171 cm³/mol. The normalized spacial score (nSPS) is 15.3. The lowest BCUT2D eigenvalue weighted by atomic mass is 10.2. The second-order valence-corrected chi connectivity index (χ2v) is 13.9. The lowest BCUT2D eigenvalue weighted by molar-refractivity contribution is 0.0893. The smallest absolute Gasteiger partial charge is 0.294 e. The summed E-state index contributed by atoms with van der Waals surface area (Å²) in [5, 5.41) is 4.28. The molecule has 1 fully saturated rings. The molecular weight excluding hydrogens is 638 g/mol. The Bertz CT molecular complexity index is 1920. The summed E-state index contributed by atoms with van der Waals surface area (Å²) in [6.07, 6.45) is 1.54. The third-order valence-electron chi connectivity index (χ3n) is 7.40. The number of nitrogens with zero attached hydrogens (tertiary/aromatic N) is 6. The number of H-pyrrole nitrogens is 1. The summed E-state index contributed by atoms with van der Waals surface area (Å²) in [5.74, 6) is 0.314. The van der Waals surface area contributed by atoms with E-state index >= 15 is 0 Å². The molecular formula is C29H39N7O8S2. The van der Waals surface area contributed by atoms with Crippen molar-refractivity contribution in [3.63, 3.8) is 0 Å². The largest absolute Gasteiger partial charge is 0.472 e. The van der Waals surface area contributed by atoms with Gasteiger partial charge < -0.3 is 19.4 Å². The number of benzene rings is 1. The van der Waals surface area contributed by atoms with Gasteiger partial charge in [0.2, 0.25) is 15.9 Å². The van der Waals surface area contributed by atoms with E-state index in [4.69, 9.17) is 14.0 Å². The average molecular weight is 678 g/mol. The molecule has 3 aromatic heterocycles. The Kier molecular flexibility index (Phi) is 11.3. The van der Waals surface area contributed by atoms with Crippen LogP contribution in [0.1, 0.15) is 26.5 Å². The molecule has 0 saturated carbocycles. The van der Waals surface area contributed by atoms with Gasteiger partial charge in [-0.25, -0.2) is 18.4 Å². The SMILES string of the molecule is CCc1c2nc(-c3cc(S(=O)(=O)N4CCN(CC)CC4)cnc3O[C@H](C)COC)[nH]c(=O)c2nn1C.O=S(=O)(O)c1ccccc1. The summed E-state index contributed by atoms with van der Waals surface area (Å²) in [6, 6.07) is 8.89. The number of aromatic amines is 1. The number of aryl methyl sites for hydroxylation is 2. The standard InChI is InChI=1S/C23H33N7O5S.C6H6O3S/c1-6-18-19-20(27-28(18)4)22(31)26-21(25-19)17-12-16(13-24-23(17)35-15(3)14-34-5)36(32,33)30-10-8-29(7-2)9-11-30;7-10(8,9)6-4-2-1-3-5-6/h12-13,15H,6-11,14H2,1-5H3,(H,25,26,31);1-5H,(H,7,8,9)/t15-;/m1./s1. The van der Waals surface area contributed by atoms with E-state index in [1.54, 1.807) is 37.0 Å². The fourth-order valence-corrected chi connectivity index (χ4v) is 6.87. The van der Waals surface area contributed by atoms with Gasteiger partial charge >= 0.3 is 0 Å². The Hall–Kier alpha value is -3.74. The lowest BCUT2D eigenvalue weighted by Gasteiger charge is -2.33. The number of nitrogens with one attached hydrogen (secondary N) is 1. The molecule has 1 saturated heterocycles. The third kappa shape index (κ3) is 7.97. The monoisotopic (exact) mass is 677 g/mol. The summed E-state index contributed by atoms with van der Waals surface area (Å²) >= 11 is 0. The zero-order valence-electron chi connectivity index (χ0n) is 26.4. The number of aromatic nitrogens is 5. The number of hydrogen-bond acceptors (Lipinski definition) is 11. The van der Waals surface area contributed by atoms with E-state index in [0.717, 1.165) is 12.2 Å². The Balaban J connectivity index is 0.000000409. The first-order chi connectivity index (χ1) is 21.8. The Morgan fingerprint density at radius 2 is 1.70 bits per heavy atom. The first kappa shape index (κ1) is 35.1. The Morgan fingerprint density at radius 1 is 1.02 bits per heavy atom. The molecule has 0 radical (unpaired) electrons. The van der Waals surface area contributed by atoms with Crippen molar-refractivity contribution in [2.75, 3.05) is 46.4 Å². The molecule has 250 valence electrons. The van der Waals surface area contributed by atoms with E-state index in [-0.39, 0.29) is 38.7 Å². The Morgan fingerprint density at radius 3 is 2.26 bits per heavy atom. The van der Waals surface area contributed by atoms with Gasteiger partial charge in [0, 0.05) is 40.3 Å². The van der Waals surface area contributed by atoms with E-state index in [1.807, 2.05) is 13.8 Å². The fraction of sp³-hybridized carbons (Fsp3) is 0.448. The molecule has 1 aromatic carbocycles. The van der Waals surface area contributed by atoms with Crippen LogP contribution in [0.2, 0.25) is 0 Å². The molecule has 0 spiro atoms. The van der Waals surface area contributed by atoms with Gasteiger partial charge in [-0.3, -0.25) is 14.0 Å². The van der Waals surface area contributed by atoms with Crippen LogP contribution in [-0.4, -0.2) is 108 Å². The van der Waals surface area contributed by atoms with Crippen LogP contribution in [0.3, 0.4) is 0 Å². The van der Waals surface area contributed by atoms with Gasteiger partial charge in [0.1, 0.15) is 22.3 Å². The van der Waals surface area contributed by atoms with Crippen LogP contribution in [-0.2, 0) is 38.3 Å². The number of fused-ring (bicyclic) bond motifs is 1. The van der Waals surface area contributed by atoms with Gasteiger partial charge in [0.25, 0.3) is 15.7 Å². The van der Waals surface area contributed by atoms with Crippen molar-refractivity contribution < 1.29 is 30.9 Å². The van der Waals surface area contributed by atoms with Gasteiger partial charge in [-0.1, -0.05) is 32.0 Å². The molecule has 0 aliphatic carbocycles. The summed E-state index contributed by atoms with van der Waals surface area (Å²) in [6.45, 7) is 9.11. The fourth-order valence-electron chi connectivity index (χ4n) is 4.97. The number of piperazine rings is 1. The van der Waals surface area contributed by atoms with Crippen molar-refractivity contribution in [2.45, 2.75) is 43.1 Å². The van der Waals surface area contributed by atoms with E-state index < -0.39 is 25.7 Å². The van der Waals surface area contributed by atoms with Crippen molar-refractivity contribution in [2.24, 2.45) is 7.05 Å². The first-order valence-corrected chi connectivity index (χ1v) is 17.5. The number of ether oxygens (including phenoxy) is 2. The summed E-state index contributed by atoms with van der Waals surface area (Å²) < 4.78 is 70.4. The second-order valence-electron chi connectivity index (χ2n) is 10.6. The minimum atomic E-state index is -4.00. The van der Waals surface area contributed by atoms with Gasteiger partial charge in [-0.2, -0.15) is 17.8 Å². The van der Waals surface area contributed by atoms with E-state index in [0.29, 0.717) is 44.7 Å². The highest BCUT2D eigenvalue weighted by atomic mass is 32.2. The molecule has 17 heteroatoms. The molecule has 0 amide bonds. The minimum absolute atomic E-state index is 0.0128. The molecule has 46 heavy (non-hydrogen) atoms. The minimum Gasteiger partial charge on any atom is -0.472 e. The number of likely N-dealkylation sites (N-methyl/N-ethyl adjacent to an activating group) is 1. The van der Waals surface area contributed by atoms with Crippen LogP contribution in [0, 0.1) is 0 Å². The number of methoxy groups -OCH3 is 1. The van der Waals surface area contributed by atoms with Crippen molar-refractivity contribution in [3.05, 3.63) is 58.6 Å². The van der Waals surface area contributed by atoms with Crippen molar-refractivity contribution in [1.82, 2.24) is 33.9 Å². The van der Waals surface area contributed by atoms with Crippen LogP contribution in [0.5, 0.6) is 5.88 Å². The van der Waals surface area contributed by atoms with Crippen LogP contribution in [0.15, 0.2) is 57.2 Å². The zero-order valence-corrected chi connectivity index (χ0v) is 28.0. The number of rotatable bonds is 10. The molecule has 5 rings (SSSR count). The average Bonchev–Trinajstić information content (AvgIpc) is 3.37. The molecule has 0 bridgehead atoms. The zero-order chi connectivity index (χ0) is 33.6. The lowest BCUT2D eigenvalue weighted by Crippen LogP contribution is -2.48. The van der Waals surface area contributed by atoms with Gasteiger partial charge in [-0.05, 0) is 38.1 Å². The molecule has 0 unspecified atom stereocenters. The summed E-state index contributed by atoms with van der Waals surface area (Å²) in [5.41, 5.74) is 1.32. The van der Waals surface area contributed by atoms with Crippen LogP contribution in [0.4, 0.5) is 0 Å². The Labute approximate surface area is 268 Å². The van der Waals surface area contributed by atoms with Crippen LogP contribution >= 0.6 is 0 Å². The number of hydrogen-bond donors (Lipinski definition) is 2. The van der Waals surface area contributed by atoms with E-state index in [2.05, 4.69) is 31.9 Å². The molecule has 2 N–H and O–H groups in total. The maximum absolute atomic E-state index is 13.5. The second kappa shape index (κ2) is 14.8. The van der Waals surface area contributed by atoms with Crippen LogP contribution in [0.25, 0.3) is 22.4 Å². The maximum atomic E-state index is 13.5. The molecule has 15 nitrogen and oxygen atoms in total. The highest BCUT2D eigenvalue weighted by Crippen LogP contribution is 2.31. The van der Waals surface area contributed by atoms with Gasteiger partial charge in [0.05, 0.1) is 29.0 Å². The third-order valence-corrected chi connectivity index (χ3v) is 10.1. The first-order valence-electron chi connectivity index (χ1n) is 14.7. The molecule has 1 atom stereocenters. The van der Waals surface area contributed by atoms with Crippen molar-refractivity contribution in [1.29, 1.82) is 0 Å². The summed E-state index contributed by atoms with van der Waals surface area (Å²) in [7, 11) is -4.50. The van der Waals surface area contributed by atoms with Gasteiger partial charge in [0.15, 0.2) is 5.52 Å². The van der Waals surface area contributed by atoms with Gasteiger partial charge in [-0.15, -0.1) is 0 Å². The number of pyridine rings is 1. The quantitative estimate of drug-likeness (QED) is 0.233. The topological polar surface area (TPSA) is 190 Å². The highest BCUT2D eigenvalue weighted by molar-refractivity contribution is 7.89. The van der Waals surface area contributed by atoms with Crippen molar-refractivity contribution in [3.8, 4) is 17.3 Å². The number of sulfonamides is 1. The predicted octanol–water partition coefficient (Wildman–Crippen LogP) is 1.95. The van der Waals surface area contributed by atoms with E-state index in [1.165, 1.54) is 28.7 Å². The van der Waals surface area contributed by atoms with Crippen molar-refractivity contribution >= 4 is 31.2 Å². The van der Waals surface area contributed by atoms with Crippen LogP contribution < -0.4 is 10.3 Å².